The second-order valence-electron chi connectivity index (χ2n) is 6.41. The largest absolute Gasteiger partial charge is 0.496 e. The van der Waals surface area contributed by atoms with Crippen LogP contribution in [0.3, 0.4) is 0 Å². The molecule has 1 unspecified atom stereocenters. The monoisotopic (exact) mass is 335 g/mol. The average Bonchev–Trinajstić information content (AvgIpc) is 3.10. The molecule has 1 aromatic heterocycles. The Bertz CT molecular complexity index is 951. The third-order valence-electron chi connectivity index (χ3n) is 4.90. The van der Waals surface area contributed by atoms with E-state index in [0.29, 0.717) is 17.4 Å². The Morgan fingerprint density at radius 3 is 2.88 bits per heavy atom. The zero-order valence-electron chi connectivity index (χ0n) is 14.2. The lowest BCUT2D eigenvalue weighted by atomic mass is 10.0. The first-order valence-electron chi connectivity index (χ1n) is 8.64. The number of nitrogens with one attached hydrogen (secondary N) is 1. The SMILES string of the molecule is COc1ccccc1CC1CCCN1c1nc2ccccc2c(=O)[nH]1. The van der Waals surface area contributed by atoms with Gasteiger partial charge in [-0.15, -0.1) is 0 Å². The van der Waals surface area contributed by atoms with Gasteiger partial charge >= 0.3 is 0 Å². The molecule has 5 heteroatoms. The topological polar surface area (TPSA) is 58.2 Å². The van der Waals surface area contributed by atoms with Gasteiger partial charge in [-0.3, -0.25) is 9.78 Å². The molecule has 1 aliphatic rings. The van der Waals surface area contributed by atoms with Crippen molar-refractivity contribution in [1.82, 2.24) is 9.97 Å². The number of para-hydroxylation sites is 2. The second-order valence-corrected chi connectivity index (χ2v) is 6.41. The number of fused-ring (bicyclic) bond motifs is 1. The van der Waals surface area contributed by atoms with Crippen molar-refractivity contribution in [2.75, 3.05) is 18.6 Å². The fourth-order valence-corrected chi connectivity index (χ4v) is 3.66. The first kappa shape index (κ1) is 15.7. The van der Waals surface area contributed by atoms with E-state index in [2.05, 4.69) is 16.0 Å². The third kappa shape index (κ3) is 2.97. The van der Waals surface area contributed by atoms with Crippen LogP contribution < -0.4 is 15.2 Å². The number of methoxy groups -OCH3 is 1. The van der Waals surface area contributed by atoms with Crippen LogP contribution in [0.25, 0.3) is 10.9 Å². The maximum absolute atomic E-state index is 12.4. The Labute approximate surface area is 146 Å². The summed E-state index contributed by atoms with van der Waals surface area (Å²) in [5.41, 5.74) is 1.85. The molecule has 25 heavy (non-hydrogen) atoms. The van der Waals surface area contributed by atoms with E-state index in [1.807, 2.05) is 36.4 Å². The molecule has 0 aliphatic carbocycles. The lowest BCUT2D eigenvalue weighted by Crippen LogP contribution is -2.34. The summed E-state index contributed by atoms with van der Waals surface area (Å²) in [5.74, 6) is 1.58. The van der Waals surface area contributed by atoms with Crippen LogP contribution in [-0.2, 0) is 6.42 Å². The van der Waals surface area contributed by atoms with Crippen molar-refractivity contribution < 1.29 is 4.74 Å². The van der Waals surface area contributed by atoms with Crippen LogP contribution in [0.5, 0.6) is 5.75 Å². The van der Waals surface area contributed by atoms with Gasteiger partial charge in [0.2, 0.25) is 5.95 Å². The number of aromatic amines is 1. The van der Waals surface area contributed by atoms with Gasteiger partial charge < -0.3 is 9.64 Å². The lowest BCUT2D eigenvalue weighted by Gasteiger charge is -2.26. The van der Waals surface area contributed by atoms with Gasteiger partial charge in [-0.05, 0) is 43.0 Å². The van der Waals surface area contributed by atoms with Crippen molar-refractivity contribution in [3.05, 3.63) is 64.4 Å². The van der Waals surface area contributed by atoms with Crippen LogP contribution in [0.4, 0.5) is 5.95 Å². The van der Waals surface area contributed by atoms with E-state index in [0.717, 1.165) is 37.1 Å². The average molecular weight is 335 g/mol. The van der Waals surface area contributed by atoms with Crippen molar-refractivity contribution >= 4 is 16.9 Å². The first-order valence-corrected chi connectivity index (χ1v) is 8.64. The van der Waals surface area contributed by atoms with Crippen molar-refractivity contribution in [3.63, 3.8) is 0 Å². The maximum atomic E-state index is 12.4. The molecule has 0 bridgehead atoms. The number of rotatable bonds is 4. The molecule has 4 rings (SSSR count). The highest BCUT2D eigenvalue weighted by atomic mass is 16.5. The molecule has 2 aromatic carbocycles. The summed E-state index contributed by atoms with van der Waals surface area (Å²) in [7, 11) is 1.70. The van der Waals surface area contributed by atoms with Crippen LogP contribution >= 0.6 is 0 Å². The van der Waals surface area contributed by atoms with E-state index in [1.165, 1.54) is 5.56 Å². The minimum Gasteiger partial charge on any atom is -0.496 e. The minimum absolute atomic E-state index is 0.0801. The van der Waals surface area contributed by atoms with Gasteiger partial charge in [0.15, 0.2) is 0 Å². The molecule has 0 amide bonds. The smallest absolute Gasteiger partial charge is 0.260 e. The summed E-state index contributed by atoms with van der Waals surface area (Å²) in [6.07, 6.45) is 3.05. The van der Waals surface area contributed by atoms with Crippen LogP contribution in [0.2, 0.25) is 0 Å². The van der Waals surface area contributed by atoms with Crippen LogP contribution in [0, 0.1) is 0 Å². The Morgan fingerprint density at radius 2 is 2.00 bits per heavy atom. The van der Waals surface area contributed by atoms with Gasteiger partial charge in [-0.2, -0.15) is 0 Å². The summed E-state index contributed by atoms with van der Waals surface area (Å²) in [6.45, 7) is 0.904. The van der Waals surface area contributed by atoms with E-state index in [4.69, 9.17) is 9.72 Å². The molecule has 3 aromatic rings. The highest BCUT2D eigenvalue weighted by Gasteiger charge is 2.27. The van der Waals surface area contributed by atoms with Gasteiger partial charge in [0, 0.05) is 12.6 Å². The van der Waals surface area contributed by atoms with Crippen molar-refractivity contribution in [1.29, 1.82) is 0 Å². The Hall–Kier alpha value is -2.82. The normalized spacial score (nSPS) is 17.2. The van der Waals surface area contributed by atoms with Crippen LogP contribution in [0.15, 0.2) is 53.3 Å². The number of hydrogen-bond donors (Lipinski definition) is 1. The zero-order chi connectivity index (χ0) is 17.2. The number of H-pyrrole nitrogens is 1. The molecule has 0 saturated carbocycles. The van der Waals surface area contributed by atoms with Gasteiger partial charge in [0.1, 0.15) is 5.75 Å². The van der Waals surface area contributed by atoms with Gasteiger partial charge in [0.25, 0.3) is 5.56 Å². The third-order valence-corrected chi connectivity index (χ3v) is 4.90. The quantitative estimate of drug-likeness (QED) is 0.796. The minimum atomic E-state index is -0.0801. The molecule has 1 saturated heterocycles. The Kier molecular flexibility index (Phi) is 4.14. The zero-order valence-corrected chi connectivity index (χ0v) is 14.2. The highest BCUT2D eigenvalue weighted by molar-refractivity contribution is 5.78. The maximum Gasteiger partial charge on any atom is 0.260 e. The molecular weight excluding hydrogens is 314 g/mol. The Morgan fingerprint density at radius 1 is 1.20 bits per heavy atom. The highest BCUT2D eigenvalue weighted by Crippen LogP contribution is 2.28. The predicted octanol–water partition coefficient (Wildman–Crippen LogP) is 3.14. The lowest BCUT2D eigenvalue weighted by molar-refractivity contribution is 0.407. The number of aromatic nitrogens is 2. The van der Waals surface area contributed by atoms with E-state index >= 15 is 0 Å². The molecule has 1 atom stereocenters. The molecule has 0 radical (unpaired) electrons. The first-order chi connectivity index (χ1) is 12.3. The molecule has 128 valence electrons. The predicted molar refractivity (Wildman–Crippen MR) is 99.4 cm³/mol. The molecular formula is C20H21N3O2. The number of ether oxygens (including phenoxy) is 1. The number of hydrogen-bond acceptors (Lipinski definition) is 4. The molecule has 2 heterocycles. The van der Waals surface area contributed by atoms with E-state index in [-0.39, 0.29) is 5.56 Å². The summed E-state index contributed by atoms with van der Waals surface area (Å²) in [6, 6.07) is 15.9. The summed E-state index contributed by atoms with van der Waals surface area (Å²) in [4.78, 5) is 22.3. The van der Waals surface area contributed by atoms with Gasteiger partial charge in [0.05, 0.1) is 18.0 Å². The van der Waals surface area contributed by atoms with Crippen molar-refractivity contribution in [2.24, 2.45) is 0 Å². The molecule has 1 aliphatic heterocycles. The van der Waals surface area contributed by atoms with E-state index in [9.17, 15) is 4.79 Å². The molecule has 5 nitrogen and oxygen atoms in total. The number of benzene rings is 2. The second kappa shape index (κ2) is 6.59. The van der Waals surface area contributed by atoms with Crippen LogP contribution in [0.1, 0.15) is 18.4 Å². The standard InChI is InChI=1S/C20H21N3O2/c1-25-18-11-5-2-7-14(18)13-15-8-6-12-23(15)20-21-17-10-4-3-9-16(17)19(24)22-20/h2-5,7,9-11,15H,6,8,12-13H2,1H3,(H,21,22,24). The summed E-state index contributed by atoms with van der Waals surface area (Å²) < 4.78 is 5.48. The fraction of sp³-hybridized carbons (Fsp3) is 0.300. The van der Waals surface area contributed by atoms with Crippen LogP contribution in [-0.4, -0.2) is 29.7 Å². The van der Waals surface area contributed by atoms with Crippen molar-refractivity contribution in [3.8, 4) is 5.75 Å². The van der Waals surface area contributed by atoms with Gasteiger partial charge in [-0.1, -0.05) is 30.3 Å². The summed E-state index contributed by atoms with van der Waals surface area (Å²) >= 11 is 0. The van der Waals surface area contributed by atoms with Crippen molar-refractivity contribution in [2.45, 2.75) is 25.3 Å². The molecule has 1 fully saturated rings. The Balaban J connectivity index is 1.67. The van der Waals surface area contributed by atoms with E-state index in [1.54, 1.807) is 13.2 Å². The van der Waals surface area contributed by atoms with Gasteiger partial charge in [-0.25, -0.2) is 4.98 Å². The fourth-order valence-electron chi connectivity index (χ4n) is 3.66. The van der Waals surface area contributed by atoms with E-state index < -0.39 is 0 Å². The number of anilines is 1. The summed E-state index contributed by atoms with van der Waals surface area (Å²) in [5, 5.41) is 0.631. The molecule has 1 N–H and O–H groups in total. The number of nitrogens with zero attached hydrogens (tertiary/aromatic N) is 2. The molecule has 0 spiro atoms.